The lowest BCUT2D eigenvalue weighted by Crippen LogP contribution is -2.15. The van der Waals surface area contributed by atoms with Crippen molar-refractivity contribution < 1.29 is 14.3 Å². The summed E-state index contributed by atoms with van der Waals surface area (Å²) in [5, 5.41) is 7.18. The molecule has 1 N–H and O–H groups in total. The maximum Gasteiger partial charge on any atom is 0.252 e. The van der Waals surface area contributed by atoms with Gasteiger partial charge in [-0.25, -0.2) is 9.50 Å². The molecule has 29 heavy (non-hydrogen) atoms. The average Bonchev–Trinajstić information content (AvgIpc) is 3.27. The van der Waals surface area contributed by atoms with Gasteiger partial charge in [0.15, 0.2) is 0 Å². The molecule has 8 nitrogen and oxygen atoms in total. The number of anilines is 1. The van der Waals surface area contributed by atoms with Crippen LogP contribution in [0.3, 0.4) is 0 Å². The largest absolute Gasteiger partial charge is 0.492 e. The Hall–Kier alpha value is -3.16. The number of carbonyl (C=O) groups excluding carboxylic acids is 1. The Morgan fingerprint density at radius 3 is 3.00 bits per heavy atom. The van der Waals surface area contributed by atoms with Gasteiger partial charge in [0.25, 0.3) is 5.78 Å². The number of nitrogens with zero attached hydrogens (tertiary/aromatic N) is 4. The van der Waals surface area contributed by atoms with E-state index >= 15 is 0 Å². The van der Waals surface area contributed by atoms with Gasteiger partial charge in [-0.15, -0.1) is 0 Å². The fourth-order valence-corrected chi connectivity index (χ4v) is 3.78. The first-order valence-corrected chi connectivity index (χ1v) is 9.88. The number of nitrogens with one attached hydrogen (secondary N) is 1. The number of aryl methyl sites for hydroxylation is 2. The molecule has 1 amide bonds. The first-order valence-electron chi connectivity index (χ1n) is 9.88. The number of hydrogen-bond donors (Lipinski definition) is 1. The molecule has 0 fully saturated rings. The minimum Gasteiger partial charge on any atom is -0.492 e. The third-order valence-electron chi connectivity index (χ3n) is 5.16. The van der Waals surface area contributed by atoms with Gasteiger partial charge in [-0.2, -0.15) is 10.1 Å². The molecule has 1 atom stereocenters. The van der Waals surface area contributed by atoms with Crippen LogP contribution in [0.5, 0.6) is 11.5 Å². The fourth-order valence-electron chi connectivity index (χ4n) is 3.78. The van der Waals surface area contributed by atoms with Gasteiger partial charge in [0.1, 0.15) is 23.9 Å². The number of fused-ring (bicyclic) bond motifs is 2. The van der Waals surface area contributed by atoms with Gasteiger partial charge in [-0.05, 0) is 45.7 Å². The summed E-state index contributed by atoms with van der Waals surface area (Å²) in [5.74, 6) is 1.97. The molecule has 4 rings (SSSR count). The quantitative estimate of drug-likeness (QED) is 0.690. The SMILES string of the molecule is CCOc1cc2c(cc1NC(=O)CCc1c(C)nc3ncnn3c1C)OC(C)C2. The topological polar surface area (TPSA) is 90.6 Å². The third-order valence-corrected chi connectivity index (χ3v) is 5.16. The zero-order valence-electron chi connectivity index (χ0n) is 17.2. The Bertz CT molecular complexity index is 1080. The summed E-state index contributed by atoms with van der Waals surface area (Å²) in [6.07, 6.45) is 3.35. The van der Waals surface area contributed by atoms with Gasteiger partial charge < -0.3 is 14.8 Å². The van der Waals surface area contributed by atoms with Crippen LogP contribution >= 0.6 is 0 Å². The standard InChI is InChI=1S/C21H25N5O3/c1-5-28-19-9-15-8-12(2)29-18(15)10-17(19)25-20(27)7-6-16-13(3)24-21-22-11-23-26(21)14(16)4/h9-12H,5-8H2,1-4H3,(H,25,27). The Morgan fingerprint density at radius 2 is 2.21 bits per heavy atom. The third kappa shape index (κ3) is 3.74. The second-order valence-corrected chi connectivity index (χ2v) is 7.30. The van der Waals surface area contributed by atoms with Crippen LogP contribution in [0, 0.1) is 13.8 Å². The highest BCUT2D eigenvalue weighted by molar-refractivity contribution is 5.93. The highest BCUT2D eigenvalue weighted by atomic mass is 16.5. The van der Waals surface area contributed by atoms with Crippen LogP contribution in [0.2, 0.25) is 0 Å². The summed E-state index contributed by atoms with van der Waals surface area (Å²) in [5.41, 5.74) is 4.58. The fraction of sp³-hybridized carbons (Fsp3) is 0.429. The summed E-state index contributed by atoms with van der Waals surface area (Å²) in [6, 6.07) is 3.83. The van der Waals surface area contributed by atoms with Gasteiger partial charge in [-0.1, -0.05) is 0 Å². The van der Waals surface area contributed by atoms with Crippen molar-refractivity contribution in [1.82, 2.24) is 19.6 Å². The number of carbonyl (C=O) groups is 1. The van der Waals surface area contributed by atoms with Crippen molar-refractivity contribution in [1.29, 1.82) is 0 Å². The maximum absolute atomic E-state index is 12.7. The lowest BCUT2D eigenvalue weighted by molar-refractivity contribution is -0.116. The van der Waals surface area contributed by atoms with E-state index < -0.39 is 0 Å². The molecule has 3 aromatic rings. The van der Waals surface area contributed by atoms with E-state index in [1.54, 1.807) is 4.52 Å². The summed E-state index contributed by atoms with van der Waals surface area (Å²) < 4.78 is 13.3. The lowest BCUT2D eigenvalue weighted by Gasteiger charge is -2.14. The van der Waals surface area contributed by atoms with Crippen LogP contribution in [-0.2, 0) is 17.6 Å². The monoisotopic (exact) mass is 395 g/mol. The number of hydrogen-bond acceptors (Lipinski definition) is 6. The van der Waals surface area contributed by atoms with Crippen molar-refractivity contribution >= 4 is 17.4 Å². The van der Waals surface area contributed by atoms with Crippen LogP contribution in [-0.4, -0.2) is 38.2 Å². The van der Waals surface area contributed by atoms with Gasteiger partial charge in [0, 0.05) is 35.9 Å². The van der Waals surface area contributed by atoms with Crippen molar-refractivity contribution in [2.45, 2.75) is 53.1 Å². The lowest BCUT2D eigenvalue weighted by atomic mass is 10.1. The number of benzene rings is 1. The van der Waals surface area contributed by atoms with Gasteiger partial charge in [0.2, 0.25) is 5.91 Å². The van der Waals surface area contributed by atoms with Gasteiger partial charge >= 0.3 is 0 Å². The molecule has 0 radical (unpaired) electrons. The Balaban J connectivity index is 1.50. The van der Waals surface area contributed by atoms with Crippen LogP contribution < -0.4 is 14.8 Å². The van der Waals surface area contributed by atoms with Gasteiger partial charge in [0.05, 0.1) is 12.3 Å². The van der Waals surface area contributed by atoms with E-state index in [1.807, 2.05) is 39.8 Å². The predicted octanol–water partition coefficient (Wildman–Crippen LogP) is 3.03. The summed E-state index contributed by atoms with van der Waals surface area (Å²) in [4.78, 5) is 21.3. The Labute approximate surface area is 169 Å². The molecular weight excluding hydrogens is 370 g/mol. The van der Waals surface area contributed by atoms with Crippen molar-refractivity contribution in [2.75, 3.05) is 11.9 Å². The summed E-state index contributed by atoms with van der Waals surface area (Å²) in [6.45, 7) is 8.39. The van der Waals surface area contributed by atoms with Crippen molar-refractivity contribution in [3.05, 3.63) is 41.0 Å². The molecule has 152 valence electrons. The molecule has 3 heterocycles. The second-order valence-electron chi connectivity index (χ2n) is 7.30. The zero-order chi connectivity index (χ0) is 20.5. The van der Waals surface area contributed by atoms with Crippen LogP contribution in [0.15, 0.2) is 18.5 Å². The first-order chi connectivity index (χ1) is 14.0. The van der Waals surface area contributed by atoms with E-state index in [4.69, 9.17) is 9.47 Å². The van der Waals surface area contributed by atoms with E-state index in [1.165, 1.54) is 6.33 Å². The van der Waals surface area contributed by atoms with Crippen LogP contribution in [0.4, 0.5) is 5.69 Å². The van der Waals surface area contributed by atoms with Crippen LogP contribution in [0.25, 0.3) is 5.78 Å². The maximum atomic E-state index is 12.7. The Morgan fingerprint density at radius 1 is 1.38 bits per heavy atom. The molecule has 1 aliphatic heterocycles. The molecular formula is C21H25N5O3. The van der Waals surface area contributed by atoms with Crippen molar-refractivity contribution in [2.24, 2.45) is 0 Å². The minimum atomic E-state index is -0.0885. The molecule has 0 saturated heterocycles. The van der Waals surface area contributed by atoms with E-state index in [0.29, 0.717) is 36.7 Å². The molecule has 1 aliphatic rings. The van der Waals surface area contributed by atoms with Gasteiger partial charge in [-0.3, -0.25) is 4.79 Å². The number of amides is 1. The van der Waals surface area contributed by atoms with Crippen molar-refractivity contribution in [3.63, 3.8) is 0 Å². The number of aromatic nitrogens is 4. The summed E-state index contributed by atoms with van der Waals surface area (Å²) >= 11 is 0. The van der Waals surface area contributed by atoms with E-state index in [0.717, 1.165) is 34.7 Å². The molecule has 0 bridgehead atoms. The molecule has 8 heteroatoms. The van der Waals surface area contributed by atoms with Crippen molar-refractivity contribution in [3.8, 4) is 11.5 Å². The first kappa shape index (κ1) is 19.2. The highest BCUT2D eigenvalue weighted by Crippen LogP contribution is 2.38. The van der Waals surface area contributed by atoms with E-state index in [-0.39, 0.29) is 12.0 Å². The molecule has 2 aromatic heterocycles. The molecule has 0 saturated carbocycles. The Kier molecular flexibility index (Phi) is 5.08. The van der Waals surface area contributed by atoms with Crippen LogP contribution in [0.1, 0.15) is 42.8 Å². The minimum absolute atomic E-state index is 0.0885. The normalized spacial score (nSPS) is 15.2. The average molecular weight is 395 g/mol. The zero-order valence-corrected chi connectivity index (χ0v) is 17.2. The second kappa shape index (κ2) is 7.69. The van der Waals surface area contributed by atoms with E-state index in [2.05, 4.69) is 20.4 Å². The number of ether oxygens (including phenoxy) is 2. The predicted molar refractivity (Wildman–Crippen MR) is 109 cm³/mol. The highest BCUT2D eigenvalue weighted by Gasteiger charge is 2.22. The molecule has 0 aliphatic carbocycles. The molecule has 1 aromatic carbocycles. The smallest absolute Gasteiger partial charge is 0.252 e. The van der Waals surface area contributed by atoms with E-state index in [9.17, 15) is 4.79 Å². The molecule has 0 spiro atoms. The molecule has 1 unspecified atom stereocenters. The number of rotatable bonds is 6. The summed E-state index contributed by atoms with van der Waals surface area (Å²) in [7, 11) is 0.